The van der Waals surface area contributed by atoms with Gasteiger partial charge in [-0.05, 0) is 48.2 Å². The van der Waals surface area contributed by atoms with E-state index in [4.69, 9.17) is 0 Å². The number of carbonyl (C=O) groups excluding carboxylic acids is 1. The number of nitro groups is 1. The summed E-state index contributed by atoms with van der Waals surface area (Å²) in [6.45, 7) is 4.27. The summed E-state index contributed by atoms with van der Waals surface area (Å²) in [5.41, 5.74) is 3.05. The van der Waals surface area contributed by atoms with Crippen molar-refractivity contribution in [2.24, 2.45) is 0 Å². The van der Waals surface area contributed by atoms with Gasteiger partial charge in [-0.15, -0.1) is 0 Å². The van der Waals surface area contributed by atoms with Gasteiger partial charge in [-0.25, -0.2) is 8.78 Å². The largest absolute Gasteiger partial charge is 0.337 e. The fourth-order valence-electron chi connectivity index (χ4n) is 4.27. The predicted octanol–water partition coefficient (Wildman–Crippen LogP) is 6.21. The Morgan fingerprint density at radius 1 is 1.09 bits per heavy atom. The molecule has 0 aliphatic carbocycles. The van der Waals surface area contributed by atoms with E-state index in [0.717, 1.165) is 23.5 Å². The number of non-ortho nitro benzene ring substituents is 1. The number of rotatable bonds is 8. The zero-order valence-corrected chi connectivity index (χ0v) is 18.8. The Bertz CT molecular complexity index is 1380. The Labute approximate surface area is 195 Å². The fourth-order valence-corrected chi connectivity index (χ4v) is 4.27. The zero-order chi connectivity index (χ0) is 24.4. The van der Waals surface area contributed by atoms with Crippen LogP contribution in [0, 0.1) is 21.7 Å². The van der Waals surface area contributed by atoms with Crippen LogP contribution in [0.15, 0.2) is 60.8 Å². The molecule has 4 aromatic rings. The van der Waals surface area contributed by atoms with E-state index in [0.29, 0.717) is 28.6 Å². The lowest BCUT2D eigenvalue weighted by atomic mass is 9.96. The van der Waals surface area contributed by atoms with Gasteiger partial charge in [0.1, 0.15) is 0 Å². The van der Waals surface area contributed by atoms with Crippen LogP contribution in [0.1, 0.15) is 53.5 Å². The van der Waals surface area contributed by atoms with Gasteiger partial charge in [0.2, 0.25) is 0 Å². The molecule has 2 aromatic carbocycles. The highest BCUT2D eigenvalue weighted by Gasteiger charge is 2.26. The number of pyridine rings is 1. The molecule has 2 aromatic heterocycles. The van der Waals surface area contributed by atoms with Crippen LogP contribution in [0.2, 0.25) is 0 Å². The smallest absolute Gasteiger partial charge is 0.271 e. The Kier molecular flexibility index (Phi) is 6.49. The average molecular weight is 463 g/mol. The molecule has 2 heterocycles. The van der Waals surface area contributed by atoms with Crippen molar-refractivity contribution in [2.45, 2.75) is 39.2 Å². The van der Waals surface area contributed by atoms with Crippen molar-refractivity contribution >= 4 is 22.4 Å². The van der Waals surface area contributed by atoms with Gasteiger partial charge in [0.15, 0.2) is 17.4 Å². The van der Waals surface area contributed by atoms with Crippen molar-refractivity contribution in [2.75, 3.05) is 0 Å². The van der Waals surface area contributed by atoms with Crippen LogP contribution >= 0.6 is 0 Å². The Hall–Kier alpha value is -3.94. The van der Waals surface area contributed by atoms with E-state index in [1.54, 1.807) is 18.3 Å². The van der Waals surface area contributed by atoms with Crippen molar-refractivity contribution < 1.29 is 18.5 Å². The molecule has 0 saturated heterocycles. The van der Waals surface area contributed by atoms with Gasteiger partial charge < -0.3 is 4.57 Å². The number of Topliss-reactive ketones (excluding diaryl/α,β-unsaturated/α-hetero) is 1. The number of nitro benzene ring substituents is 1. The van der Waals surface area contributed by atoms with Gasteiger partial charge in [-0.3, -0.25) is 19.9 Å². The average Bonchev–Trinajstić information content (AvgIpc) is 3.14. The number of fused-ring (bicyclic) bond motifs is 1. The van der Waals surface area contributed by atoms with Gasteiger partial charge in [-0.2, -0.15) is 0 Å². The molecule has 174 valence electrons. The van der Waals surface area contributed by atoms with Gasteiger partial charge >= 0.3 is 0 Å². The van der Waals surface area contributed by atoms with Crippen molar-refractivity contribution in [1.82, 2.24) is 9.55 Å². The predicted molar refractivity (Wildman–Crippen MR) is 125 cm³/mol. The number of benzene rings is 2. The van der Waals surface area contributed by atoms with Crippen LogP contribution in [0.25, 0.3) is 10.9 Å². The molecule has 8 heteroatoms. The van der Waals surface area contributed by atoms with Crippen LogP contribution < -0.4 is 0 Å². The number of hydrogen-bond acceptors (Lipinski definition) is 4. The molecule has 0 saturated carbocycles. The summed E-state index contributed by atoms with van der Waals surface area (Å²) in [7, 11) is 0. The molecule has 0 aliphatic heterocycles. The van der Waals surface area contributed by atoms with Crippen molar-refractivity contribution in [3.63, 3.8) is 0 Å². The van der Waals surface area contributed by atoms with Crippen LogP contribution in [0.4, 0.5) is 14.5 Å². The summed E-state index contributed by atoms with van der Waals surface area (Å²) in [4.78, 5) is 28.8. The third-order valence-electron chi connectivity index (χ3n) is 5.80. The van der Waals surface area contributed by atoms with Crippen molar-refractivity contribution in [1.29, 1.82) is 0 Å². The molecule has 34 heavy (non-hydrogen) atoms. The Morgan fingerprint density at radius 2 is 1.88 bits per heavy atom. The lowest BCUT2D eigenvalue weighted by Crippen LogP contribution is -2.11. The summed E-state index contributed by atoms with van der Waals surface area (Å²) in [5.74, 6) is -2.10. The summed E-state index contributed by atoms with van der Waals surface area (Å²) in [5, 5.41) is 12.1. The van der Waals surface area contributed by atoms with E-state index in [1.807, 2.05) is 30.5 Å². The normalized spacial score (nSPS) is 11.3. The van der Waals surface area contributed by atoms with E-state index < -0.39 is 16.6 Å². The highest BCUT2D eigenvalue weighted by atomic mass is 19.2. The van der Waals surface area contributed by atoms with E-state index in [9.17, 15) is 23.7 Å². The second-order valence-electron chi connectivity index (χ2n) is 8.45. The summed E-state index contributed by atoms with van der Waals surface area (Å²) in [6, 6.07) is 13.6. The first kappa shape index (κ1) is 23.2. The first-order valence-electron chi connectivity index (χ1n) is 10.9. The highest BCUT2D eigenvalue weighted by molar-refractivity contribution is 6.10. The maximum atomic E-state index is 13.6. The highest BCUT2D eigenvalue weighted by Crippen LogP contribution is 2.35. The Balaban J connectivity index is 1.81. The summed E-state index contributed by atoms with van der Waals surface area (Å²) in [6.07, 6.45) is 2.00. The number of aromatic nitrogens is 2. The van der Waals surface area contributed by atoms with Crippen molar-refractivity contribution in [3.05, 3.63) is 105 Å². The molecule has 0 bridgehead atoms. The second kappa shape index (κ2) is 9.51. The third kappa shape index (κ3) is 4.57. The summed E-state index contributed by atoms with van der Waals surface area (Å²) >= 11 is 0. The molecule has 4 rings (SSSR count). The number of hydrogen-bond donors (Lipinski definition) is 0. The van der Waals surface area contributed by atoms with E-state index >= 15 is 0 Å². The minimum absolute atomic E-state index is 0.0580. The number of ketones is 1. The van der Waals surface area contributed by atoms with E-state index in [-0.39, 0.29) is 30.2 Å². The molecular formula is C26H23F2N3O3. The second-order valence-corrected chi connectivity index (χ2v) is 8.45. The zero-order valence-electron chi connectivity index (χ0n) is 18.8. The molecule has 0 radical (unpaired) electrons. The molecule has 0 unspecified atom stereocenters. The molecule has 0 atom stereocenters. The molecular weight excluding hydrogens is 440 g/mol. The number of nitrogens with zero attached hydrogens (tertiary/aromatic N) is 3. The van der Waals surface area contributed by atoms with Crippen LogP contribution in [-0.2, 0) is 13.0 Å². The van der Waals surface area contributed by atoms with Gasteiger partial charge in [-0.1, -0.05) is 26.0 Å². The standard InChI is InChI=1S/C26H23F2N3O3/c1-16(2)26-25(24(32)11-7-17-6-10-21(27)22(28)13-17)20-9-8-19(31(33)34)14-23(20)30(26)15-18-5-3-4-12-29-18/h3-6,8-10,12-14,16H,7,11,15H2,1-2H3. The third-order valence-corrected chi connectivity index (χ3v) is 5.80. The monoisotopic (exact) mass is 463 g/mol. The van der Waals surface area contributed by atoms with Gasteiger partial charge in [0.25, 0.3) is 5.69 Å². The molecule has 0 fully saturated rings. The number of carbonyl (C=O) groups is 1. The van der Waals surface area contributed by atoms with E-state index in [1.165, 1.54) is 18.2 Å². The quantitative estimate of drug-likeness (QED) is 0.177. The van der Waals surface area contributed by atoms with Crippen LogP contribution in [-0.4, -0.2) is 20.3 Å². The van der Waals surface area contributed by atoms with Crippen LogP contribution in [0.5, 0.6) is 0 Å². The van der Waals surface area contributed by atoms with Crippen molar-refractivity contribution in [3.8, 4) is 0 Å². The van der Waals surface area contributed by atoms with Crippen LogP contribution in [0.3, 0.4) is 0 Å². The lowest BCUT2D eigenvalue weighted by Gasteiger charge is -2.15. The molecule has 0 N–H and O–H groups in total. The minimum atomic E-state index is -0.952. The lowest BCUT2D eigenvalue weighted by molar-refractivity contribution is -0.384. The van der Waals surface area contributed by atoms with E-state index in [2.05, 4.69) is 4.98 Å². The topological polar surface area (TPSA) is 78.0 Å². The van der Waals surface area contributed by atoms with Gasteiger partial charge in [0, 0.05) is 41.4 Å². The maximum Gasteiger partial charge on any atom is 0.271 e. The Morgan fingerprint density at radius 3 is 2.53 bits per heavy atom. The SMILES string of the molecule is CC(C)c1c(C(=O)CCc2ccc(F)c(F)c2)c2ccc([N+](=O)[O-])cc2n1Cc1ccccn1. The molecule has 0 spiro atoms. The molecule has 0 aliphatic rings. The fraction of sp³-hybridized carbons (Fsp3) is 0.231. The first-order valence-corrected chi connectivity index (χ1v) is 10.9. The minimum Gasteiger partial charge on any atom is -0.337 e. The maximum absolute atomic E-state index is 13.6. The number of halogens is 2. The first-order chi connectivity index (χ1) is 16.3. The summed E-state index contributed by atoms with van der Waals surface area (Å²) < 4.78 is 28.8. The molecule has 6 nitrogen and oxygen atoms in total. The molecule has 0 amide bonds. The number of aryl methyl sites for hydroxylation is 1. The van der Waals surface area contributed by atoms with Gasteiger partial charge in [0.05, 0.1) is 22.7 Å².